The first-order valence-corrected chi connectivity index (χ1v) is 11.4. The van der Waals surface area contributed by atoms with Gasteiger partial charge in [0.2, 0.25) is 15.9 Å². The Labute approximate surface area is 151 Å². The number of hydrogen-bond donors (Lipinski definition) is 1. The molecule has 1 amide bonds. The lowest BCUT2D eigenvalue weighted by Gasteiger charge is -2.36. The second-order valence-electron chi connectivity index (χ2n) is 7.45. The summed E-state index contributed by atoms with van der Waals surface area (Å²) in [6.45, 7) is 7.96. The molecule has 3 saturated heterocycles. The maximum absolute atomic E-state index is 13.1. The highest BCUT2D eigenvalue weighted by Gasteiger charge is 2.40. The molecule has 0 bridgehead atoms. The molecular formula is C17H32N4O3S. The number of piperazine rings is 1. The maximum Gasteiger partial charge on any atom is 0.241 e. The van der Waals surface area contributed by atoms with Gasteiger partial charge in [0.1, 0.15) is 6.04 Å². The third kappa shape index (κ3) is 4.35. The second kappa shape index (κ2) is 8.33. The van der Waals surface area contributed by atoms with Gasteiger partial charge in [-0.05, 0) is 25.7 Å². The molecule has 3 fully saturated rings. The molecule has 2 atom stereocenters. The van der Waals surface area contributed by atoms with Crippen LogP contribution in [0.1, 0.15) is 39.0 Å². The summed E-state index contributed by atoms with van der Waals surface area (Å²) in [7, 11) is -3.32. The van der Waals surface area contributed by atoms with Crippen LogP contribution in [0.15, 0.2) is 0 Å². The van der Waals surface area contributed by atoms with Crippen molar-refractivity contribution in [2.45, 2.75) is 51.1 Å². The van der Waals surface area contributed by atoms with E-state index in [2.05, 4.69) is 10.2 Å². The van der Waals surface area contributed by atoms with Crippen molar-refractivity contribution in [1.29, 1.82) is 0 Å². The first-order valence-electron chi connectivity index (χ1n) is 9.76. The van der Waals surface area contributed by atoms with Crippen molar-refractivity contribution in [1.82, 2.24) is 19.4 Å². The minimum Gasteiger partial charge on any atom is -0.340 e. The van der Waals surface area contributed by atoms with E-state index in [1.54, 1.807) is 0 Å². The number of sulfonamides is 1. The van der Waals surface area contributed by atoms with Crippen LogP contribution < -0.4 is 5.32 Å². The summed E-state index contributed by atoms with van der Waals surface area (Å²) in [6.07, 6.45) is 4.05. The van der Waals surface area contributed by atoms with Crippen molar-refractivity contribution >= 4 is 15.9 Å². The molecule has 0 aliphatic carbocycles. The summed E-state index contributed by atoms with van der Waals surface area (Å²) in [6, 6.07) is -0.0533. The van der Waals surface area contributed by atoms with E-state index < -0.39 is 16.1 Å². The Bertz CT molecular complexity index is 562. The Morgan fingerprint density at radius 2 is 1.84 bits per heavy atom. The molecule has 25 heavy (non-hydrogen) atoms. The van der Waals surface area contributed by atoms with Crippen molar-refractivity contribution in [3.8, 4) is 0 Å². The number of carbonyl (C=O) groups is 1. The predicted molar refractivity (Wildman–Crippen MR) is 97.9 cm³/mol. The van der Waals surface area contributed by atoms with Crippen LogP contribution in [0.4, 0.5) is 0 Å². The molecule has 0 saturated carbocycles. The van der Waals surface area contributed by atoms with E-state index in [9.17, 15) is 13.2 Å². The van der Waals surface area contributed by atoms with Crippen LogP contribution >= 0.6 is 0 Å². The van der Waals surface area contributed by atoms with Crippen molar-refractivity contribution in [2.75, 3.05) is 51.6 Å². The normalized spacial score (nSPS) is 29.9. The van der Waals surface area contributed by atoms with Crippen molar-refractivity contribution in [3.63, 3.8) is 0 Å². The first-order chi connectivity index (χ1) is 12.0. The van der Waals surface area contributed by atoms with Crippen LogP contribution in [-0.4, -0.2) is 92.1 Å². The van der Waals surface area contributed by atoms with Gasteiger partial charge in [-0.3, -0.25) is 9.69 Å². The largest absolute Gasteiger partial charge is 0.340 e. The Morgan fingerprint density at radius 1 is 1.08 bits per heavy atom. The highest BCUT2D eigenvalue weighted by atomic mass is 32.2. The molecule has 3 heterocycles. The lowest BCUT2D eigenvalue weighted by molar-refractivity contribution is -0.135. The van der Waals surface area contributed by atoms with E-state index in [-0.39, 0.29) is 11.7 Å². The van der Waals surface area contributed by atoms with E-state index in [0.717, 1.165) is 58.5 Å². The average molecular weight is 373 g/mol. The van der Waals surface area contributed by atoms with E-state index in [0.29, 0.717) is 25.4 Å². The average Bonchev–Trinajstić information content (AvgIpc) is 3.12. The zero-order chi connectivity index (χ0) is 17.9. The molecular weight excluding hydrogens is 340 g/mol. The van der Waals surface area contributed by atoms with E-state index in [4.69, 9.17) is 0 Å². The number of likely N-dealkylation sites (tertiary alicyclic amines) is 1. The number of amides is 1. The van der Waals surface area contributed by atoms with Crippen LogP contribution in [0, 0.1) is 0 Å². The van der Waals surface area contributed by atoms with E-state index in [1.807, 2.05) is 11.8 Å². The molecule has 0 radical (unpaired) electrons. The first kappa shape index (κ1) is 19.1. The van der Waals surface area contributed by atoms with Gasteiger partial charge in [0.15, 0.2) is 0 Å². The molecule has 0 aromatic carbocycles. The molecule has 1 N–H and O–H groups in total. The number of hydrogen-bond acceptors (Lipinski definition) is 5. The summed E-state index contributed by atoms with van der Waals surface area (Å²) in [5.74, 6) is 0.164. The van der Waals surface area contributed by atoms with Gasteiger partial charge < -0.3 is 10.2 Å². The molecule has 7 nitrogen and oxygen atoms in total. The van der Waals surface area contributed by atoms with Gasteiger partial charge >= 0.3 is 0 Å². The summed E-state index contributed by atoms with van der Waals surface area (Å²) >= 11 is 0. The smallest absolute Gasteiger partial charge is 0.241 e. The summed E-state index contributed by atoms with van der Waals surface area (Å²) in [5.41, 5.74) is 0. The molecule has 2 unspecified atom stereocenters. The quantitative estimate of drug-likeness (QED) is 0.740. The number of carbonyl (C=O) groups excluding carboxylic acids is 1. The Kier molecular flexibility index (Phi) is 6.35. The molecule has 0 aromatic heterocycles. The van der Waals surface area contributed by atoms with Crippen molar-refractivity contribution < 1.29 is 13.2 Å². The van der Waals surface area contributed by atoms with Crippen molar-refractivity contribution in [3.05, 3.63) is 0 Å². The topological polar surface area (TPSA) is 73.0 Å². The standard InChI is InChI=1S/C17H32N4O3S/c1-2-13-25(23,24)21-9-4-3-5-16(21)17(22)20-10-6-15(14-20)19-11-7-18-8-12-19/h15-16,18H,2-14H2,1H3. The monoisotopic (exact) mass is 372 g/mol. The van der Waals surface area contributed by atoms with E-state index in [1.165, 1.54) is 4.31 Å². The van der Waals surface area contributed by atoms with Crippen LogP contribution in [0.2, 0.25) is 0 Å². The summed E-state index contributed by atoms with van der Waals surface area (Å²) < 4.78 is 26.6. The number of rotatable bonds is 5. The molecule has 0 spiro atoms. The van der Waals surface area contributed by atoms with Gasteiger partial charge in [0.05, 0.1) is 5.75 Å². The fourth-order valence-electron chi connectivity index (χ4n) is 4.36. The van der Waals surface area contributed by atoms with Crippen LogP contribution in [0.3, 0.4) is 0 Å². The second-order valence-corrected chi connectivity index (χ2v) is 9.49. The van der Waals surface area contributed by atoms with Gasteiger partial charge in [0.25, 0.3) is 0 Å². The number of piperidine rings is 1. The number of nitrogens with one attached hydrogen (secondary N) is 1. The van der Waals surface area contributed by atoms with Gasteiger partial charge in [-0.15, -0.1) is 0 Å². The van der Waals surface area contributed by atoms with Crippen LogP contribution in [0.5, 0.6) is 0 Å². The molecule has 144 valence electrons. The lowest BCUT2D eigenvalue weighted by atomic mass is 10.0. The van der Waals surface area contributed by atoms with Gasteiger partial charge in [-0.2, -0.15) is 4.31 Å². The third-order valence-corrected chi connectivity index (χ3v) is 7.78. The van der Waals surface area contributed by atoms with Gasteiger partial charge in [-0.1, -0.05) is 13.3 Å². The fourth-order valence-corrected chi connectivity index (χ4v) is 6.10. The highest BCUT2D eigenvalue weighted by molar-refractivity contribution is 7.89. The predicted octanol–water partition coefficient (Wildman–Crippen LogP) is 0.0868. The minimum atomic E-state index is -3.32. The summed E-state index contributed by atoms with van der Waals surface area (Å²) in [5, 5.41) is 3.36. The third-order valence-electron chi connectivity index (χ3n) is 5.70. The van der Waals surface area contributed by atoms with Crippen molar-refractivity contribution in [2.24, 2.45) is 0 Å². The zero-order valence-corrected chi connectivity index (χ0v) is 16.1. The van der Waals surface area contributed by atoms with E-state index >= 15 is 0 Å². The van der Waals surface area contributed by atoms with Crippen LogP contribution in [-0.2, 0) is 14.8 Å². The Morgan fingerprint density at radius 3 is 2.56 bits per heavy atom. The molecule has 8 heteroatoms. The fraction of sp³-hybridized carbons (Fsp3) is 0.941. The number of nitrogens with zero attached hydrogens (tertiary/aromatic N) is 3. The Balaban J connectivity index is 1.64. The van der Waals surface area contributed by atoms with Gasteiger partial charge in [0, 0.05) is 51.9 Å². The highest BCUT2D eigenvalue weighted by Crippen LogP contribution is 2.25. The summed E-state index contributed by atoms with van der Waals surface area (Å²) in [4.78, 5) is 17.5. The minimum absolute atomic E-state index is 0.0250. The lowest BCUT2D eigenvalue weighted by Crippen LogP contribution is -2.54. The molecule has 0 aromatic rings. The SMILES string of the molecule is CCCS(=O)(=O)N1CCCCC1C(=O)N1CCC(N2CCNCC2)C1. The van der Waals surface area contributed by atoms with Gasteiger partial charge in [-0.25, -0.2) is 8.42 Å². The van der Waals surface area contributed by atoms with Crippen LogP contribution in [0.25, 0.3) is 0 Å². The Hall–Kier alpha value is -0.700. The zero-order valence-electron chi connectivity index (χ0n) is 15.3. The molecule has 3 rings (SSSR count). The maximum atomic E-state index is 13.1. The molecule has 3 aliphatic rings. The molecule has 3 aliphatic heterocycles.